The lowest BCUT2D eigenvalue weighted by Crippen LogP contribution is -2.18. The number of carbonyl (C=O) groups excluding carboxylic acids is 1. The summed E-state index contributed by atoms with van der Waals surface area (Å²) in [6.07, 6.45) is 3.21. The van der Waals surface area contributed by atoms with Gasteiger partial charge in [0.2, 0.25) is 0 Å². The standard InChI is InChI=1S/C14H15N7O3S/c1-6(15)2-8-17-3-7(4-18-8)14-19-13-11(25-14)10(12(16)24)20-21(13)5-9(22)23/h2-4,9,15,17,22-23H,5H2,1H3,(H2,16,24)/b8-2+,15-6?. The zero-order valence-electron chi connectivity index (χ0n) is 13.1. The Morgan fingerprint density at radius 3 is 2.88 bits per heavy atom. The maximum absolute atomic E-state index is 11.6. The van der Waals surface area contributed by atoms with E-state index in [0.29, 0.717) is 32.5 Å². The van der Waals surface area contributed by atoms with E-state index in [1.165, 1.54) is 16.0 Å². The number of hydrogen-bond acceptors (Lipinski definition) is 9. The molecule has 6 N–H and O–H groups in total. The fourth-order valence-corrected chi connectivity index (χ4v) is 3.22. The molecule has 11 heteroatoms. The van der Waals surface area contributed by atoms with Crippen molar-refractivity contribution in [2.75, 3.05) is 0 Å². The molecule has 2 aromatic heterocycles. The number of primary amides is 1. The quantitative estimate of drug-likeness (QED) is 0.366. The highest BCUT2D eigenvalue weighted by molar-refractivity contribution is 7.20. The smallest absolute Gasteiger partial charge is 0.270 e. The van der Waals surface area contributed by atoms with E-state index in [0.717, 1.165) is 0 Å². The SMILES string of the molecule is CC(=N)/C=C1/N=CC(c2nc3c(s2)c(C(N)=O)nn3CC(O)O)=CN1. The number of fused-ring (bicyclic) bond motifs is 1. The Balaban J connectivity index is 1.99. The number of aromatic nitrogens is 3. The lowest BCUT2D eigenvalue weighted by atomic mass is 10.3. The lowest BCUT2D eigenvalue weighted by molar-refractivity contribution is -0.0528. The molecule has 3 heterocycles. The van der Waals surface area contributed by atoms with Crippen LogP contribution in [0.1, 0.15) is 22.4 Å². The number of allylic oxidation sites excluding steroid dienone is 2. The molecule has 0 saturated heterocycles. The van der Waals surface area contributed by atoms with Crippen LogP contribution in [0.3, 0.4) is 0 Å². The monoisotopic (exact) mass is 361 g/mol. The maximum Gasteiger partial charge on any atom is 0.270 e. The number of nitrogens with one attached hydrogen (secondary N) is 2. The summed E-state index contributed by atoms with van der Waals surface area (Å²) in [4.78, 5) is 20.2. The van der Waals surface area contributed by atoms with E-state index in [1.807, 2.05) is 0 Å². The van der Waals surface area contributed by atoms with Crippen LogP contribution in [0.25, 0.3) is 15.9 Å². The summed E-state index contributed by atoms with van der Waals surface area (Å²) >= 11 is 1.20. The van der Waals surface area contributed by atoms with Crippen LogP contribution in [-0.4, -0.2) is 49.1 Å². The van der Waals surface area contributed by atoms with Gasteiger partial charge in [0.15, 0.2) is 17.6 Å². The van der Waals surface area contributed by atoms with Crippen molar-refractivity contribution in [3.8, 4) is 0 Å². The highest BCUT2D eigenvalue weighted by atomic mass is 32.1. The van der Waals surface area contributed by atoms with Crippen LogP contribution in [0.2, 0.25) is 0 Å². The molecule has 130 valence electrons. The van der Waals surface area contributed by atoms with E-state index >= 15 is 0 Å². The summed E-state index contributed by atoms with van der Waals surface area (Å²) in [6, 6.07) is 0. The first-order valence-corrected chi connectivity index (χ1v) is 7.98. The Morgan fingerprint density at radius 1 is 1.56 bits per heavy atom. The molecule has 0 spiro atoms. The van der Waals surface area contributed by atoms with E-state index in [-0.39, 0.29) is 12.2 Å². The first-order valence-electron chi connectivity index (χ1n) is 7.16. The van der Waals surface area contributed by atoms with Crippen molar-refractivity contribution in [3.05, 3.63) is 28.8 Å². The normalized spacial score (nSPS) is 15.7. The number of aliphatic hydroxyl groups excluding tert-OH is 1. The van der Waals surface area contributed by atoms with Gasteiger partial charge in [0.25, 0.3) is 5.91 Å². The number of amides is 1. The van der Waals surface area contributed by atoms with E-state index in [4.69, 9.17) is 21.4 Å². The largest absolute Gasteiger partial charge is 0.367 e. The lowest BCUT2D eigenvalue weighted by Gasteiger charge is -2.08. The highest BCUT2D eigenvalue weighted by Crippen LogP contribution is 2.30. The third-order valence-electron chi connectivity index (χ3n) is 3.18. The fourth-order valence-electron chi connectivity index (χ4n) is 2.19. The fraction of sp³-hybridized carbons (Fsp3) is 0.214. The minimum atomic E-state index is -1.64. The molecule has 0 unspecified atom stereocenters. The van der Waals surface area contributed by atoms with Gasteiger partial charge in [-0.2, -0.15) is 5.10 Å². The second-order valence-electron chi connectivity index (χ2n) is 5.26. The molecule has 0 fully saturated rings. The summed E-state index contributed by atoms with van der Waals surface area (Å²) in [7, 11) is 0. The van der Waals surface area contributed by atoms with Crippen LogP contribution in [0.15, 0.2) is 23.1 Å². The van der Waals surface area contributed by atoms with Crippen molar-refractivity contribution in [1.82, 2.24) is 20.1 Å². The summed E-state index contributed by atoms with van der Waals surface area (Å²) in [5.74, 6) is -0.188. The number of rotatable bonds is 5. The van der Waals surface area contributed by atoms with Crippen molar-refractivity contribution in [2.45, 2.75) is 19.8 Å². The third kappa shape index (κ3) is 3.47. The minimum Gasteiger partial charge on any atom is -0.367 e. The minimum absolute atomic E-state index is 0.0284. The van der Waals surface area contributed by atoms with Crippen molar-refractivity contribution in [3.63, 3.8) is 0 Å². The average Bonchev–Trinajstić information content (AvgIpc) is 3.07. The van der Waals surface area contributed by atoms with Gasteiger partial charge in [0.05, 0.1) is 6.54 Å². The number of nitrogens with two attached hydrogens (primary N) is 1. The van der Waals surface area contributed by atoms with Crippen molar-refractivity contribution in [1.29, 1.82) is 5.41 Å². The number of carbonyl (C=O) groups is 1. The van der Waals surface area contributed by atoms with Gasteiger partial charge in [-0.05, 0) is 6.92 Å². The maximum atomic E-state index is 11.6. The molecule has 0 saturated carbocycles. The molecule has 1 aliphatic heterocycles. The first-order chi connectivity index (χ1) is 11.8. The molecular formula is C14H15N7O3S. The van der Waals surface area contributed by atoms with Crippen molar-refractivity contribution in [2.24, 2.45) is 10.7 Å². The van der Waals surface area contributed by atoms with Crippen LogP contribution in [0.4, 0.5) is 0 Å². The molecule has 0 aliphatic carbocycles. The number of aliphatic imine (C=N–C) groups is 1. The predicted octanol–water partition coefficient (Wildman–Crippen LogP) is -0.202. The molecule has 1 amide bonds. The Kier molecular flexibility index (Phi) is 4.44. The summed E-state index contributed by atoms with van der Waals surface area (Å²) in [5.41, 5.74) is 6.74. The van der Waals surface area contributed by atoms with Crippen molar-refractivity contribution < 1.29 is 15.0 Å². The molecule has 1 aliphatic rings. The zero-order chi connectivity index (χ0) is 18.1. The molecular weight excluding hydrogens is 346 g/mol. The van der Waals surface area contributed by atoms with E-state index in [2.05, 4.69) is 20.4 Å². The Labute approximate surface area is 145 Å². The van der Waals surface area contributed by atoms with Crippen LogP contribution >= 0.6 is 11.3 Å². The van der Waals surface area contributed by atoms with Gasteiger partial charge in [-0.25, -0.2) is 14.7 Å². The number of hydrogen-bond donors (Lipinski definition) is 5. The van der Waals surface area contributed by atoms with E-state index < -0.39 is 12.2 Å². The molecule has 0 atom stereocenters. The highest BCUT2D eigenvalue weighted by Gasteiger charge is 2.22. The summed E-state index contributed by atoms with van der Waals surface area (Å²) in [6.45, 7) is 1.41. The van der Waals surface area contributed by atoms with Gasteiger partial charge in [0.1, 0.15) is 15.5 Å². The summed E-state index contributed by atoms with van der Waals surface area (Å²) < 4.78 is 1.70. The second kappa shape index (κ2) is 6.55. The molecule has 2 aromatic rings. The Hall–Kier alpha value is -2.89. The van der Waals surface area contributed by atoms with E-state index in [1.54, 1.807) is 25.4 Å². The van der Waals surface area contributed by atoms with E-state index in [9.17, 15) is 4.79 Å². The molecule has 0 aromatic carbocycles. The molecule has 25 heavy (non-hydrogen) atoms. The Morgan fingerprint density at radius 2 is 2.32 bits per heavy atom. The predicted molar refractivity (Wildman–Crippen MR) is 93.2 cm³/mol. The third-order valence-corrected chi connectivity index (χ3v) is 4.28. The van der Waals surface area contributed by atoms with Gasteiger partial charge in [0, 0.05) is 29.8 Å². The van der Waals surface area contributed by atoms with Crippen LogP contribution < -0.4 is 11.1 Å². The average molecular weight is 361 g/mol. The van der Waals surface area contributed by atoms with Crippen LogP contribution in [-0.2, 0) is 6.54 Å². The van der Waals surface area contributed by atoms with Gasteiger partial charge >= 0.3 is 0 Å². The molecule has 3 rings (SSSR count). The van der Waals surface area contributed by atoms with Gasteiger partial charge in [-0.3, -0.25) is 4.79 Å². The van der Waals surface area contributed by atoms with Gasteiger partial charge in [-0.15, -0.1) is 11.3 Å². The number of nitrogens with zero attached hydrogens (tertiary/aromatic N) is 4. The van der Waals surface area contributed by atoms with Crippen LogP contribution in [0.5, 0.6) is 0 Å². The topological polar surface area (TPSA) is 162 Å². The first kappa shape index (κ1) is 17.0. The molecule has 0 radical (unpaired) electrons. The number of thiazole rings is 1. The van der Waals surface area contributed by atoms with Gasteiger partial charge in [-0.1, -0.05) is 0 Å². The second-order valence-corrected chi connectivity index (χ2v) is 6.26. The Bertz CT molecular complexity index is 951. The molecule has 10 nitrogen and oxygen atoms in total. The van der Waals surface area contributed by atoms with Crippen molar-refractivity contribution >= 4 is 45.1 Å². The van der Waals surface area contributed by atoms with Crippen LogP contribution in [0, 0.1) is 5.41 Å². The van der Waals surface area contributed by atoms with Gasteiger partial charge < -0.3 is 26.7 Å². The summed E-state index contributed by atoms with van der Waals surface area (Å²) in [5, 5.41) is 33.2. The number of aliphatic hydroxyl groups is 2. The zero-order valence-corrected chi connectivity index (χ0v) is 13.9. The molecule has 0 bridgehead atoms.